The molecule has 2 aromatic carbocycles. The molecule has 0 saturated carbocycles. The van der Waals surface area contributed by atoms with Crippen molar-refractivity contribution < 1.29 is 4.79 Å². The average molecular weight is 385 g/mol. The van der Waals surface area contributed by atoms with Crippen molar-refractivity contribution in [2.45, 2.75) is 6.42 Å². The lowest BCUT2D eigenvalue weighted by Gasteiger charge is -2.07. The van der Waals surface area contributed by atoms with Crippen molar-refractivity contribution in [2.75, 3.05) is 5.32 Å². The van der Waals surface area contributed by atoms with Gasteiger partial charge in [0.1, 0.15) is 5.39 Å². The van der Waals surface area contributed by atoms with Crippen molar-refractivity contribution in [1.29, 1.82) is 0 Å². The number of benzene rings is 2. The molecular weight excluding hydrogens is 370 g/mol. The SMILES string of the molecule is O=C(Cc1ccc2cn[nH]c2c1)Nc1ccc(-n2ncc3c(=O)[nH]cnc32)cc1. The molecule has 142 valence electrons. The van der Waals surface area contributed by atoms with Crippen LogP contribution < -0.4 is 10.9 Å². The molecule has 9 nitrogen and oxygen atoms in total. The van der Waals surface area contributed by atoms with E-state index in [2.05, 4.69) is 30.6 Å². The maximum atomic E-state index is 12.4. The molecule has 9 heteroatoms. The fourth-order valence-corrected chi connectivity index (χ4v) is 3.22. The van der Waals surface area contributed by atoms with Crippen LogP contribution in [0.25, 0.3) is 27.6 Å². The van der Waals surface area contributed by atoms with Gasteiger partial charge < -0.3 is 10.3 Å². The van der Waals surface area contributed by atoms with Crippen LogP contribution in [0, 0.1) is 0 Å². The number of amides is 1. The topological polar surface area (TPSA) is 121 Å². The highest BCUT2D eigenvalue weighted by atomic mass is 16.1. The van der Waals surface area contributed by atoms with Gasteiger partial charge in [-0.25, -0.2) is 9.67 Å². The molecule has 0 unspecified atom stereocenters. The summed E-state index contributed by atoms with van der Waals surface area (Å²) in [6, 6.07) is 12.9. The molecule has 1 amide bonds. The largest absolute Gasteiger partial charge is 0.326 e. The van der Waals surface area contributed by atoms with Crippen LogP contribution >= 0.6 is 0 Å². The standard InChI is InChI=1S/C20H15N7O2/c28-18(8-12-1-2-13-9-23-26-17(13)7-12)25-14-3-5-15(6-4-14)27-19-16(10-24-27)20(29)22-11-21-19/h1-7,9-11H,8H2,(H,23,26)(H,25,28)(H,21,22,29). The van der Waals surface area contributed by atoms with Gasteiger partial charge >= 0.3 is 0 Å². The molecule has 5 aromatic rings. The van der Waals surface area contributed by atoms with E-state index >= 15 is 0 Å². The van der Waals surface area contributed by atoms with Gasteiger partial charge in [0.05, 0.1) is 36.3 Å². The third kappa shape index (κ3) is 3.14. The Bertz CT molecular complexity index is 1400. The van der Waals surface area contributed by atoms with Crippen LogP contribution in [0.1, 0.15) is 5.56 Å². The summed E-state index contributed by atoms with van der Waals surface area (Å²) in [7, 11) is 0. The van der Waals surface area contributed by atoms with Crippen molar-refractivity contribution in [3.63, 3.8) is 0 Å². The van der Waals surface area contributed by atoms with Crippen molar-refractivity contribution in [3.8, 4) is 5.69 Å². The molecule has 0 bridgehead atoms. The van der Waals surface area contributed by atoms with Gasteiger partial charge in [0, 0.05) is 11.1 Å². The van der Waals surface area contributed by atoms with E-state index in [9.17, 15) is 9.59 Å². The molecule has 0 aliphatic carbocycles. The lowest BCUT2D eigenvalue weighted by Crippen LogP contribution is -2.14. The van der Waals surface area contributed by atoms with Crippen LogP contribution in [-0.2, 0) is 11.2 Å². The summed E-state index contributed by atoms with van der Waals surface area (Å²) in [4.78, 5) is 30.9. The molecule has 0 spiro atoms. The summed E-state index contributed by atoms with van der Waals surface area (Å²) in [6.45, 7) is 0. The fraction of sp³-hybridized carbons (Fsp3) is 0.0500. The molecule has 0 saturated heterocycles. The van der Waals surface area contributed by atoms with Gasteiger partial charge in [-0.2, -0.15) is 10.2 Å². The number of anilines is 1. The lowest BCUT2D eigenvalue weighted by molar-refractivity contribution is -0.115. The predicted molar refractivity (Wildman–Crippen MR) is 108 cm³/mol. The van der Waals surface area contributed by atoms with Gasteiger partial charge in [-0.05, 0) is 35.9 Å². The summed E-state index contributed by atoms with van der Waals surface area (Å²) in [6.07, 6.45) is 4.83. The average Bonchev–Trinajstić information content (AvgIpc) is 3.36. The molecule has 0 radical (unpaired) electrons. The minimum atomic E-state index is -0.238. The third-order valence-electron chi connectivity index (χ3n) is 4.64. The lowest BCUT2D eigenvalue weighted by atomic mass is 10.1. The van der Waals surface area contributed by atoms with Crippen LogP contribution in [0.2, 0.25) is 0 Å². The zero-order valence-electron chi connectivity index (χ0n) is 15.1. The number of nitrogens with one attached hydrogen (secondary N) is 3. The Kier molecular flexibility index (Phi) is 3.91. The number of hydrogen-bond acceptors (Lipinski definition) is 5. The monoisotopic (exact) mass is 385 g/mol. The van der Waals surface area contributed by atoms with Crippen molar-refractivity contribution >= 4 is 33.5 Å². The van der Waals surface area contributed by atoms with Gasteiger partial charge in [0.25, 0.3) is 5.56 Å². The van der Waals surface area contributed by atoms with Crippen molar-refractivity contribution in [3.05, 3.63) is 77.1 Å². The fourth-order valence-electron chi connectivity index (χ4n) is 3.22. The Labute approximate surface area is 163 Å². The summed E-state index contributed by atoms with van der Waals surface area (Å²) in [5, 5.41) is 15.4. The first kappa shape index (κ1) is 16.9. The Morgan fingerprint density at radius 3 is 2.83 bits per heavy atom. The van der Waals surface area contributed by atoms with E-state index in [0.717, 1.165) is 22.2 Å². The Balaban J connectivity index is 1.32. The Morgan fingerprint density at radius 2 is 1.97 bits per heavy atom. The molecule has 0 fully saturated rings. The number of H-pyrrole nitrogens is 2. The molecule has 29 heavy (non-hydrogen) atoms. The maximum Gasteiger partial charge on any atom is 0.261 e. The highest BCUT2D eigenvalue weighted by Crippen LogP contribution is 2.17. The maximum absolute atomic E-state index is 12.4. The van der Waals surface area contributed by atoms with E-state index in [1.165, 1.54) is 12.5 Å². The molecule has 3 heterocycles. The number of aromatic amines is 2. The van der Waals surface area contributed by atoms with Gasteiger partial charge in [0.2, 0.25) is 5.91 Å². The predicted octanol–water partition coefficient (Wildman–Crippen LogP) is 2.17. The summed E-state index contributed by atoms with van der Waals surface area (Å²) >= 11 is 0. The molecule has 0 aliphatic heterocycles. The van der Waals surface area contributed by atoms with Crippen LogP contribution in [0.4, 0.5) is 5.69 Å². The number of fused-ring (bicyclic) bond motifs is 2. The second-order valence-corrected chi connectivity index (χ2v) is 6.59. The highest BCUT2D eigenvalue weighted by molar-refractivity contribution is 5.93. The number of aromatic nitrogens is 6. The van der Waals surface area contributed by atoms with Crippen molar-refractivity contribution in [2.24, 2.45) is 0 Å². The summed E-state index contributed by atoms with van der Waals surface area (Å²) in [5.41, 5.74) is 3.44. The Morgan fingerprint density at radius 1 is 1.10 bits per heavy atom. The molecule has 5 rings (SSSR count). The quantitative estimate of drug-likeness (QED) is 0.438. The number of carbonyl (C=O) groups is 1. The van der Waals surface area contributed by atoms with E-state index in [4.69, 9.17) is 0 Å². The zero-order chi connectivity index (χ0) is 19.8. The van der Waals surface area contributed by atoms with Gasteiger partial charge in [-0.3, -0.25) is 14.7 Å². The first-order valence-electron chi connectivity index (χ1n) is 8.91. The molecule has 3 aromatic heterocycles. The number of hydrogen-bond donors (Lipinski definition) is 3. The van der Waals surface area contributed by atoms with Crippen LogP contribution in [0.3, 0.4) is 0 Å². The smallest absolute Gasteiger partial charge is 0.261 e. The highest BCUT2D eigenvalue weighted by Gasteiger charge is 2.10. The number of carbonyl (C=O) groups excluding carboxylic acids is 1. The van der Waals surface area contributed by atoms with E-state index in [0.29, 0.717) is 16.7 Å². The van der Waals surface area contributed by atoms with E-state index < -0.39 is 0 Å². The van der Waals surface area contributed by atoms with Crippen LogP contribution in [0.15, 0.2) is 66.0 Å². The zero-order valence-corrected chi connectivity index (χ0v) is 15.1. The van der Waals surface area contributed by atoms with Crippen molar-refractivity contribution in [1.82, 2.24) is 29.9 Å². The summed E-state index contributed by atoms with van der Waals surface area (Å²) < 4.78 is 1.58. The molecular formula is C20H15N7O2. The second kappa shape index (κ2) is 6.71. The Hall–Kier alpha value is -4.27. The number of nitrogens with zero attached hydrogens (tertiary/aromatic N) is 4. The van der Waals surface area contributed by atoms with E-state index in [1.54, 1.807) is 23.0 Å². The second-order valence-electron chi connectivity index (χ2n) is 6.59. The van der Waals surface area contributed by atoms with E-state index in [-0.39, 0.29) is 17.9 Å². The van der Waals surface area contributed by atoms with E-state index in [1.807, 2.05) is 30.3 Å². The number of rotatable bonds is 4. The molecule has 3 N–H and O–H groups in total. The van der Waals surface area contributed by atoms with Gasteiger partial charge in [-0.15, -0.1) is 0 Å². The van der Waals surface area contributed by atoms with Gasteiger partial charge in [-0.1, -0.05) is 12.1 Å². The molecule has 0 aliphatic rings. The minimum absolute atomic E-state index is 0.116. The summed E-state index contributed by atoms with van der Waals surface area (Å²) in [5.74, 6) is -0.116. The first-order chi connectivity index (χ1) is 14.2. The normalized spacial score (nSPS) is 11.2. The van der Waals surface area contributed by atoms with Crippen LogP contribution in [0.5, 0.6) is 0 Å². The minimum Gasteiger partial charge on any atom is -0.326 e. The van der Waals surface area contributed by atoms with Crippen LogP contribution in [-0.4, -0.2) is 35.9 Å². The molecule has 0 atom stereocenters. The third-order valence-corrected chi connectivity index (χ3v) is 4.64. The van der Waals surface area contributed by atoms with Gasteiger partial charge in [0.15, 0.2) is 5.65 Å². The first-order valence-corrected chi connectivity index (χ1v) is 8.91.